The molecule has 9 nitrogen and oxygen atoms in total. The summed E-state index contributed by atoms with van der Waals surface area (Å²) >= 11 is 0. The molecule has 4 rings (SSSR count). The second-order valence-corrected chi connectivity index (χ2v) is 8.53. The minimum absolute atomic E-state index is 0.0294. The van der Waals surface area contributed by atoms with Gasteiger partial charge in [-0.3, -0.25) is 14.4 Å². The zero-order valence-electron chi connectivity index (χ0n) is 20.3. The van der Waals surface area contributed by atoms with Crippen LogP contribution in [0.15, 0.2) is 65.3 Å². The monoisotopic (exact) mass is 491 g/mol. The molecule has 36 heavy (non-hydrogen) atoms. The van der Waals surface area contributed by atoms with Crippen molar-refractivity contribution in [2.45, 2.75) is 19.4 Å². The first kappa shape index (κ1) is 24.8. The largest absolute Gasteiger partial charge is 0.493 e. The number of methoxy groups -OCH3 is 2. The summed E-state index contributed by atoms with van der Waals surface area (Å²) in [5.74, 6) is 0.574. The fourth-order valence-corrected chi connectivity index (χ4v) is 4.16. The molecule has 1 unspecified atom stereocenters. The normalized spacial score (nSPS) is 15.0. The van der Waals surface area contributed by atoms with Gasteiger partial charge in [0.15, 0.2) is 17.3 Å². The van der Waals surface area contributed by atoms with Gasteiger partial charge in [0.2, 0.25) is 11.8 Å². The van der Waals surface area contributed by atoms with Crippen LogP contribution in [0, 0.1) is 5.92 Å². The van der Waals surface area contributed by atoms with Crippen molar-refractivity contribution in [3.8, 4) is 11.5 Å². The third-order valence-corrected chi connectivity index (χ3v) is 6.10. The van der Waals surface area contributed by atoms with E-state index < -0.39 is 5.92 Å². The number of anilines is 1. The van der Waals surface area contributed by atoms with Gasteiger partial charge in [0, 0.05) is 31.7 Å². The zero-order chi connectivity index (χ0) is 25.5. The average molecular weight is 492 g/mol. The standard InChI is InChI=1S/C27H29N3O6/c1-34-22-9-8-18(14-24(22)35-2)10-11-30-17-20(15-25(30)31)26(32)28-16-19-5-3-6-21(13-19)29-27(33)23-7-4-12-36-23/h3-9,12-14,20H,10-11,15-17H2,1-2H3,(H,28,32)(H,29,33). The number of rotatable bonds is 10. The van der Waals surface area contributed by atoms with Crippen LogP contribution in [0.3, 0.4) is 0 Å². The number of furan rings is 1. The Balaban J connectivity index is 1.27. The van der Waals surface area contributed by atoms with Crippen molar-refractivity contribution in [2.24, 2.45) is 5.92 Å². The average Bonchev–Trinajstić information content (AvgIpc) is 3.56. The van der Waals surface area contributed by atoms with E-state index in [-0.39, 0.29) is 29.9 Å². The van der Waals surface area contributed by atoms with Crippen LogP contribution in [0.25, 0.3) is 0 Å². The molecule has 0 radical (unpaired) electrons. The van der Waals surface area contributed by atoms with Gasteiger partial charge in [-0.05, 0) is 53.9 Å². The van der Waals surface area contributed by atoms with Crippen LogP contribution in [-0.2, 0) is 22.6 Å². The number of benzene rings is 2. The maximum atomic E-state index is 12.8. The van der Waals surface area contributed by atoms with Crippen LogP contribution in [-0.4, -0.2) is 49.9 Å². The fourth-order valence-electron chi connectivity index (χ4n) is 4.16. The third-order valence-electron chi connectivity index (χ3n) is 6.10. The molecule has 3 amide bonds. The van der Waals surface area contributed by atoms with Crippen LogP contribution in [0.4, 0.5) is 5.69 Å². The van der Waals surface area contributed by atoms with Gasteiger partial charge in [-0.2, -0.15) is 0 Å². The summed E-state index contributed by atoms with van der Waals surface area (Å²) < 4.78 is 15.7. The molecular formula is C27H29N3O6. The first-order chi connectivity index (χ1) is 17.5. The SMILES string of the molecule is COc1ccc(CCN2CC(C(=O)NCc3cccc(NC(=O)c4ccco4)c3)CC2=O)cc1OC. The summed E-state index contributed by atoms with van der Waals surface area (Å²) in [6, 6.07) is 16.1. The lowest BCUT2D eigenvalue weighted by molar-refractivity contribution is -0.129. The molecule has 0 spiro atoms. The number of likely N-dealkylation sites (tertiary alicyclic amines) is 1. The molecule has 1 fully saturated rings. The minimum atomic E-state index is -0.398. The van der Waals surface area contributed by atoms with E-state index in [1.54, 1.807) is 49.5 Å². The second-order valence-electron chi connectivity index (χ2n) is 8.53. The van der Waals surface area contributed by atoms with Crippen molar-refractivity contribution in [1.82, 2.24) is 10.2 Å². The summed E-state index contributed by atoms with van der Waals surface area (Å²) in [5.41, 5.74) is 2.45. The molecule has 2 heterocycles. The van der Waals surface area contributed by atoms with E-state index >= 15 is 0 Å². The van der Waals surface area contributed by atoms with E-state index in [1.165, 1.54) is 6.26 Å². The number of hydrogen-bond acceptors (Lipinski definition) is 6. The Kier molecular flexibility index (Phi) is 7.89. The Bertz CT molecular complexity index is 1220. The molecule has 0 saturated carbocycles. The van der Waals surface area contributed by atoms with Gasteiger partial charge >= 0.3 is 0 Å². The predicted octanol–water partition coefficient (Wildman–Crippen LogP) is 3.26. The number of amides is 3. The van der Waals surface area contributed by atoms with Gasteiger partial charge in [0.25, 0.3) is 5.91 Å². The van der Waals surface area contributed by atoms with Crippen molar-refractivity contribution in [2.75, 3.05) is 32.6 Å². The lowest BCUT2D eigenvalue weighted by atomic mass is 10.1. The lowest BCUT2D eigenvalue weighted by Gasteiger charge is -2.17. The number of ether oxygens (including phenoxy) is 2. The van der Waals surface area contributed by atoms with Crippen LogP contribution in [0.5, 0.6) is 11.5 Å². The second kappa shape index (κ2) is 11.4. The first-order valence-corrected chi connectivity index (χ1v) is 11.7. The van der Waals surface area contributed by atoms with E-state index in [1.807, 2.05) is 24.3 Å². The Labute approximate surface area is 209 Å². The van der Waals surface area contributed by atoms with E-state index in [2.05, 4.69) is 10.6 Å². The summed E-state index contributed by atoms with van der Waals surface area (Å²) in [4.78, 5) is 39.2. The Morgan fingerprint density at radius 2 is 1.86 bits per heavy atom. The van der Waals surface area contributed by atoms with E-state index in [0.717, 1.165) is 11.1 Å². The number of carbonyl (C=O) groups is 3. The molecule has 0 aliphatic carbocycles. The maximum Gasteiger partial charge on any atom is 0.291 e. The molecule has 9 heteroatoms. The molecule has 1 atom stereocenters. The molecule has 0 bridgehead atoms. The molecule has 1 aliphatic rings. The smallest absolute Gasteiger partial charge is 0.291 e. The minimum Gasteiger partial charge on any atom is -0.493 e. The lowest BCUT2D eigenvalue weighted by Crippen LogP contribution is -2.33. The van der Waals surface area contributed by atoms with Gasteiger partial charge < -0.3 is 29.4 Å². The molecule has 1 aromatic heterocycles. The molecular weight excluding hydrogens is 462 g/mol. The van der Waals surface area contributed by atoms with E-state index in [4.69, 9.17) is 13.9 Å². The molecule has 3 aromatic rings. The molecule has 1 aliphatic heterocycles. The van der Waals surface area contributed by atoms with Gasteiger partial charge in [0.1, 0.15) is 0 Å². The fraction of sp³-hybridized carbons (Fsp3) is 0.296. The summed E-state index contributed by atoms with van der Waals surface area (Å²) in [6.45, 7) is 1.20. The van der Waals surface area contributed by atoms with Crippen molar-refractivity contribution < 1.29 is 28.3 Å². The Morgan fingerprint density at radius 1 is 1.03 bits per heavy atom. The molecule has 188 valence electrons. The van der Waals surface area contributed by atoms with E-state index in [0.29, 0.717) is 43.2 Å². The van der Waals surface area contributed by atoms with Crippen LogP contribution < -0.4 is 20.1 Å². The van der Waals surface area contributed by atoms with Gasteiger partial charge in [0.05, 0.1) is 26.4 Å². The topological polar surface area (TPSA) is 110 Å². The third kappa shape index (κ3) is 6.04. The number of carbonyl (C=O) groups excluding carboxylic acids is 3. The van der Waals surface area contributed by atoms with Gasteiger partial charge in [-0.15, -0.1) is 0 Å². The Morgan fingerprint density at radius 3 is 2.61 bits per heavy atom. The van der Waals surface area contributed by atoms with Crippen molar-refractivity contribution in [1.29, 1.82) is 0 Å². The molecule has 2 aromatic carbocycles. The van der Waals surface area contributed by atoms with Crippen LogP contribution in [0.2, 0.25) is 0 Å². The number of hydrogen-bond donors (Lipinski definition) is 2. The van der Waals surface area contributed by atoms with Gasteiger partial charge in [-0.1, -0.05) is 18.2 Å². The number of nitrogens with zero attached hydrogens (tertiary/aromatic N) is 1. The number of nitrogens with one attached hydrogen (secondary N) is 2. The van der Waals surface area contributed by atoms with Crippen molar-refractivity contribution in [3.05, 3.63) is 77.7 Å². The Hall–Kier alpha value is -4.27. The van der Waals surface area contributed by atoms with Crippen molar-refractivity contribution >= 4 is 23.4 Å². The molecule has 1 saturated heterocycles. The van der Waals surface area contributed by atoms with Crippen LogP contribution >= 0.6 is 0 Å². The first-order valence-electron chi connectivity index (χ1n) is 11.7. The summed E-state index contributed by atoms with van der Waals surface area (Å²) in [5, 5.41) is 5.68. The van der Waals surface area contributed by atoms with Crippen LogP contribution in [0.1, 0.15) is 28.1 Å². The predicted molar refractivity (Wildman–Crippen MR) is 133 cm³/mol. The summed E-state index contributed by atoms with van der Waals surface area (Å²) in [6.07, 6.45) is 2.28. The highest BCUT2D eigenvalue weighted by Crippen LogP contribution is 2.28. The quantitative estimate of drug-likeness (QED) is 0.451. The maximum absolute atomic E-state index is 12.8. The molecule has 2 N–H and O–H groups in total. The zero-order valence-corrected chi connectivity index (χ0v) is 20.3. The van der Waals surface area contributed by atoms with E-state index in [9.17, 15) is 14.4 Å². The van der Waals surface area contributed by atoms with Crippen molar-refractivity contribution in [3.63, 3.8) is 0 Å². The summed E-state index contributed by atoms with van der Waals surface area (Å²) in [7, 11) is 3.17. The highest BCUT2D eigenvalue weighted by molar-refractivity contribution is 6.02. The highest BCUT2D eigenvalue weighted by Gasteiger charge is 2.33. The highest BCUT2D eigenvalue weighted by atomic mass is 16.5. The van der Waals surface area contributed by atoms with Gasteiger partial charge in [-0.25, -0.2) is 0 Å².